The number of aryl methyl sites for hydroxylation is 2. The summed E-state index contributed by atoms with van der Waals surface area (Å²) in [6, 6.07) is 15.2. The molecule has 2 aromatic carbocycles. The van der Waals surface area contributed by atoms with E-state index in [0.29, 0.717) is 29.7 Å². The van der Waals surface area contributed by atoms with Crippen LogP contribution in [0, 0.1) is 25.2 Å². The number of amides is 1. The molecule has 3 aromatic rings. The van der Waals surface area contributed by atoms with Gasteiger partial charge in [0.05, 0.1) is 0 Å². The third-order valence-corrected chi connectivity index (χ3v) is 6.42. The van der Waals surface area contributed by atoms with E-state index in [0.717, 1.165) is 47.9 Å². The van der Waals surface area contributed by atoms with E-state index in [1.165, 1.54) is 17.4 Å². The van der Waals surface area contributed by atoms with Crippen molar-refractivity contribution in [2.75, 3.05) is 36.5 Å². The number of nitriles is 1. The molecule has 1 aromatic heterocycles. The smallest absolute Gasteiger partial charge is 0.268 e. The molecule has 1 N–H and O–H groups in total. The molecule has 0 saturated carbocycles. The van der Waals surface area contributed by atoms with Gasteiger partial charge in [0.15, 0.2) is 0 Å². The summed E-state index contributed by atoms with van der Waals surface area (Å²) in [6.45, 7) is 6.76. The molecule has 8 nitrogen and oxygen atoms in total. The highest BCUT2D eigenvalue weighted by atomic mass is 32.1. The van der Waals surface area contributed by atoms with Gasteiger partial charge < -0.3 is 14.4 Å². The van der Waals surface area contributed by atoms with E-state index in [9.17, 15) is 10.1 Å². The summed E-state index contributed by atoms with van der Waals surface area (Å²) in [4.78, 5) is 14.7. The van der Waals surface area contributed by atoms with Gasteiger partial charge in [-0.1, -0.05) is 35.6 Å². The third kappa shape index (κ3) is 6.58. The van der Waals surface area contributed by atoms with Crippen molar-refractivity contribution in [3.05, 3.63) is 64.7 Å². The second-order valence-electron chi connectivity index (χ2n) is 8.24. The first-order valence-electron chi connectivity index (χ1n) is 11.5. The molecule has 4 rings (SSSR count). The molecule has 2 heterocycles. The molecule has 1 aliphatic heterocycles. The Morgan fingerprint density at radius 3 is 2.60 bits per heavy atom. The number of aromatic nitrogens is 2. The van der Waals surface area contributed by atoms with Crippen LogP contribution in [0.4, 0.5) is 10.3 Å². The maximum absolute atomic E-state index is 12.6. The summed E-state index contributed by atoms with van der Waals surface area (Å²) in [5.41, 5.74) is 2.93. The lowest BCUT2D eigenvalue weighted by atomic mass is 10.1. The Hall–Kier alpha value is -3.90. The van der Waals surface area contributed by atoms with Crippen LogP contribution < -0.4 is 19.7 Å². The third-order valence-electron chi connectivity index (χ3n) is 5.52. The van der Waals surface area contributed by atoms with Crippen LogP contribution in [0.25, 0.3) is 6.08 Å². The van der Waals surface area contributed by atoms with Gasteiger partial charge in [-0.05, 0) is 67.7 Å². The monoisotopic (exact) mass is 489 g/mol. The van der Waals surface area contributed by atoms with E-state index in [1.54, 1.807) is 24.3 Å². The van der Waals surface area contributed by atoms with Crippen molar-refractivity contribution in [1.82, 2.24) is 10.2 Å². The molecular weight excluding hydrogens is 462 g/mol. The van der Waals surface area contributed by atoms with E-state index >= 15 is 0 Å². The Morgan fingerprint density at radius 1 is 1.11 bits per heavy atom. The lowest BCUT2D eigenvalue weighted by Crippen LogP contribution is -2.17. The minimum absolute atomic E-state index is 0.0153. The molecule has 1 fully saturated rings. The molecule has 9 heteroatoms. The van der Waals surface area contributed by atoms with Crippen LogP contribution in [0.3, 0.4) is 0 Å². The quantitative estimate of drug-likeness (QED) is 0.263. The maximum atomic E-state index is 12.6. The van der Waals surface area contributed by atoms with E-state index in [2.05, 4.69) is 26.5 Å². The van der Waals surface area contributed by atoms with Crippen molar-refractivity contribution in [3.63, 3.8) is 0 Å². The molecule has 0 spiro atoms. The number of nitrogens with zero attached hydrogens (tertiary/aromatic N) is 4. The molecule has 0 bridgehead atoms. The number of carbonyl (C=O) groups is 1. The van der Waals surface area contributed by atoms with Crippen LogP contribution in [-0.4, -0.2) is 42.4 Å². The Morgan fingerprint density at radius 2 is 1.86 bits per heavy atom. The highest BCUT2D eigenvalue weighted by Crippen LogP contribution is 2.27. The lowest BCUT2D eigenvalue weighted by Gasteiger charge is -2.11. The van der Waals surface area contributed by atoms with Crippen LogP contribution in [0.1, 0.15) is 29.5 Å². The molecule has 0 atom stereocenters. The van der Waals surface area contributed by atoms with Crippen molar-refractivity contribution < 1.29 is 14.3 Å². The number of carbonyl (C=O) groups excluding carboxylic acids is 1. The Kier molecular flexibility index (Phi) is 7.95. The van der Waals surface area contributed by atoms with E-state index < -0.39 is 5.91 Å². The zero-order valence-corrected chi connectivity index (χ0v) is 20.6. The fourth-order valence-electron chi connectivity index (χ4n) is 3.62. The van der Waals surface area contributed by atoms with Crippen LogP contribution in [-0.2, 0) is 4.79 Å². The fraction of sp³-hybridized carbons (Fsp3) is 0.308. The molecule has 0 aliphatic carbocycles. The van der Waals surface area contributed by atoms with Gasteiger partial charge in [-0.2, -0.15) is 5.26 Å². The number of benzene rings is 2. The molecule has 0 unspecified atom stereocenters. The van der Waals surface area contributed by atoms with Gasteiger partial charge in [0.25, 0.3) is 5.91 Å². The van der Waals surface area contributed by atoms with Crippen molar-refractivity contribution >= 4 is 33.6 Å². The molecule has 1 amide bonds. The molecule has 35 heavy (non-hydrogen) atoms. The second-order valence-corrected chi connectivity index (χ2v) is 9.20. The molecule has 0 radical (unpaired) electrons. The summed E-state index contributed by atoms with van der Waals surface area (Å²) < 4.78 is 11.6. The average molecular weight is 490 g/mol. The first-order chi connectivity index (χ1) is 17.0. The van der Waals surface area contributed by atoms with Crippen molar-refractivity contribution in [2.45, 2.75) is 26.7 Å². The number of nitrogens with one attached hydrogen (secondary N) is 1. The van der Waals surface area contributed by atoms with E-state index in [-0.39, 0.29) is 5.57 Å². The standard InChI is InChI=1S/C26H27N5O3S/c1-18-5-6-19(2)23(15-18)34-14-13-33-22-9-7-20(8-10-22)16-21(17-27)24(32)28-25-29-30-26(35-25)31-11-3-4-12-31/h5-10,15-16H,3-4,11-14H2,1-2H3,(H,28,29,32)/b21-16-. The zero-order valence-electron chi connectivity index (χ0n) is 19.8. The van der Waals surface area contributed by atoms with E-state index in [1.807, 2.05) is 32.0 Å². The summed E-state index contributed by atoms with van der Waals surface area (Å²) in [5, 5.41) is 21.5. The second kappa shape index (κ2) is 11.5. The lowest BCUT2D eigenvalue weighted by molar-refractivity contribution is -0.112. The Balaban J connectivity index is 1.29. The summed E-state index contributed by atoms with van der Waals surface area (Å²) in [6.07, 6.45) is 3.80. The van der Waals surface area contributed by atoms with Gasteiger partial charge in [0.1, 0.15) is 36.4 Å². The normalized spacial score (nSPS) is 13.4. The van der Waals surface area contributed by atoms with E-state index in [4.69, 9.17) is 9.47 Å². The Labute approximate surface area is 208 Å². The van der Waals surface area contributed by atoms with Crippen LogP contribution >= 0.6 is 11.3 Å². The summed E-state index contributed by atoms with van der Waals surface area (Å²) in [7, 11) is 0. The highest BCUT2D eigenvalue weighted by molar-refractivity contribution is 7.19. The number of hydrogen-bond acceptors (Lipinski definition) is 8. The van der Waals surface area contributed by atoms with Crippen molar-refractivity contribution in [3.8, 4) is 17.6 Å². The van der Waals surface area contributed by atoms with Gasteiger partial charge in [-0.15, -0.1) is 10.2 Å². The largest absolute Gasteiger partial charge is 0.490 e. The number of ether oxygens (including phenoxy) is 2. The first-order valence-corrected chi connectivity index (χ1v) is 12.3. The zero-order chi connectivity index (χ0) is 24.6. The van der Waals surface area contributed by atoms with Crippen molar-refractivity contribution in [2.24, 2.45) is 0 Å². The molecule has 1 aliphatic rings. The van der Waals surface area contributed by atoms with Gasteiger partial charge in [-0.25, -0.2) is 0 Å². The summed E-state index contributed by atoms with van der Waals surface area (Å²) in [5.74, 6) is 1.02. The van der Waals surface area contributed by atoms with Crippen LogP contribution in [0.5, 0.6) is 11.5 Å². The first kappa shape index (κ1) is 24.2. The fourth-order valence-corrected chi connectivity index (χ4v) is 4.41. The van der Waals surface area contributed by atoms with Gasteiger partial charge >= 0.3 is 0 Å². The minimum Gasteiger partial charge on any atom is -0.490 e. The van der Waals surface area contributed by atoms with Crippen LogP contribution in [0.15, 0.2) is 48.0 Å². The SMILES string of the molecule is Cc1ccc(C)c(OCCOc2ccc(/C=C(/C#N)C(=O)Nc3nnc(N4CCCC4)s3)cc2)c1. The van der Waals surface area contributed by atoms with Gasteiger partial charge in [-0.3, -0.25) is 10.1 Å². The van der Waals surface area contributed by atoms with Gasteiger partial charge in [0.2, 0.25) is 10.3 Å². The maximum Gasteiger partial charge on any atom is 0.268 e. The Bertz CT molecular complexity index is 1240. The van der Waals surface area contributed by atoms with Gasteiger partial charge in [0, 0.05) is 13.1 Å². The topological polar surface area (TPSA) is 100 Å². The molecule has 1 saturated heterocycles. The van der Waals surface area contributed by atoms with Crippen LogP contribution in [0.2, 0.25) is 0 Å². The predicted octanol–water partition coefficient (Wildman–Crippen LogP) is 4.76. The number of hydrogen-bond donors (Lipinski definition) is 1. The molecular formula is C26H27N5O3S. The number of rotatable bonds is 9. The minimum atomic E-state index is -0.513. The highest BCUT2D eigenvalue weighted by Gasteiger charge is 2.18. The molecule has 180 valence electrons. The number of anilines is 2. The van der Waals surface area contributed by atoms with Crippen molar-refractivity contribution in [1.29, 1.82) is 5.26 Å². The predicted molar refractivity (Wildman–Crippen MR) is 137 cm³/mol. The summed E-state index contributed by atoms with van der Waals surface area (Å²) >= 11 is 1.31. The average Bonchev–Trinajstić information content (AvgIpc) is 3.55.